The van der Waals surface area contributed by atoms with Gasteiger partial charge in [0.2, 0.25) is 0 Å². The van der Waals surface area contributed by atoms with Crippen molar-refractivity contribution in [1.29, 1.82) is 0 Å². The van der Waals surface area contributed by atoms with Crippen LogP contribution in [-0.4, -0.2) is 59.3 Å². The van der Waals surface area contributed by atoms with Crippen molar-refractivity contribution in [3.8, 4) is 22.9 Å². The molecule has 0 unspecified atom stereocenters. The SMILES string of the molecule is CCC(CC)O[C@@H]1C=C(P(=O)(OCCC#C[Si](C)(C)C)OCCC#C[Si](C)(C)C)C[C@H](NC(=O)OC(C)(C)C)[C@H]1C. The molecule has 1 amide bonds. The molecule has 10 heteroatoms. The van der Waals surface area contributed by atoms with Crippen LogP contribution in [0.4, 0.5) is 4.79 Å². The molecule has 0 fully saturated rings. The van der Waals surface area contributed by atoms with E-state index in [4.69, 9.17) is 18.5 Å². The average molecular weight is 626 g/mol. The maximum atomic E-state index is 14.4. The first kappa shape index (κ1) is 37.7. The Bertz CT molecular complexity index is 1000. The number of alkyl carbamates (subject to hydrolysis) is 1. The van der Waals surface area contributed by atoms with Crippen molar-refractivity contribution in [2.24, 2.45) is 5.92 Å². The van der Waals surface area contributed by atoms with Gasteiger partial charge in [-0.3, -0.25) is 4.57 Å². The molecular formula is C31H56NO6PSi2. The molecule has 0 aliphatic heterocycles. The molecule has 0 aromatic carbocycles. The third-order valence-corrected chi connectivity index (χ3v) is 10.1. The van der Waals surface area contributed by atoms with Crippen LogP contribution < -0.4 is 5.32 Å². The van der Waals surface area contributed by atoms with E-state index >= 15 is 0 Å². The van der Waals surface area contributed by atoms with Crippen molar-refractivity contribution >= 4 is 29.8 Å². The normalized spacial score (nSPS) is 19.9. The second-order valence-electron chi connectivity index (χ2n) is 13.8. The lowest BCUT2D eigenvalue weighted by atomic mass is 9.87. The molecule has 1 aliphatic carbocycles. The number of rotatable bonds is 12. The largest absolute Gasteiger partial charge is 0.444 e. The highest BCUT2D eigenvalue weighted by Gasteiger charge is 2.41. The first-order valence-electron chi connectivity index (χ1n) is 15.0. The van der Waals surface area contributed by atoms with Crippen molar-refractivity contribution in [1.82, 2.24) is 5.32 Å². The second kappa shape index (κ2) is 16.5. The van der Waals surface area contributed by atoms with Gasteiger partial charge in [0, 0.05) is 36.5 Å². The summed E-state index contributed by atoms with van der Waals surface area (Å²) < 4.78 is 38.5. The highest BCUT2D eigenvalue weighted by molar-refractivity contribution is 7.58. The topological polar surface area (TPSA) is 83.1 Å². The minimum Gasteiger partial charge on any atom is -0.444 e. The molecule has 0 heterocycles. The number of carbonyl (C=O) groups excluding carboxylic acids is 1. The summed E-state index contributed by atoms with van der Waals surface area (Å²) in [6.07, 6.45) is 3.98. The van der Waals surface area contributed by atoms with E-state index in [0.717, 1.165) is 12.8 Å². The lowest BCUT2D eigenvalue weighted by Gasteiger charge is -2.38. The first-order valence-corrected chi connectivity index (χ1v) is 23.6. The fourth-order valence-corrected chi connectivity index (χ4v) is 7.18. The van der Waals surface area contributed by atoms with Gasteiger partial charge in [-0.05, 0) is 39.7 Å². The zero-order valence-corrected chi connectivity index (χ0v) is 30.6. The van der Waals surface area contributed by atoms with E-state index in [1.54, 1.807) is 0 Å². The van der Waals surface area contributed by atoms with E-state index in [-0.39, 0.29) is 37.4 Å². The van der Waals surface area contributed by atoms with Crippen LogP contribution in [-0.2, 0) is 23.1 Å². The first-order chi connectivity index (χ1) is 18.8. The summed E-state index contributed by atoms with van der Waals surface area (Å²) in [5.74, 6) is 6.29. The number of amides is 1. The van der Waals surface area contributed by atoms with Gasteiger partial charge in [0.25, 0.3) is 0 Å². The highest BCUT2D eigenvalue weighted by atomic mass is 31.2. The number of carbonyl (C=O) groups is 1. The predicted molar refractivity (Wildman–Crippen MR) is 175 cm³/mol. The molecule has 1 rings (SSSR count). The predicted octanol–water partition coefficient (Wildman–Crippen LogP) is 8.15. The van der Waals surface area contributed by atoms with E-state index in [1.165, 1.54) is 0 Å². The molecule has 7 nitrogen and oxygen atoms in total. The molecule has 0 spiro atoms. The molecule has 41 heavy (non-hydrogen) atoms. The molecule has 3 atom stereocenters. The lowest BCUT2D eigenvalue weighted by Crippen LogP contribution is -2.48. The van der Waals surface area contributed by atoms with Gasteiger partial charge in [0.15, 0.2) is 0 Å². The number of hydrogen-bond acceptors (Lipinski definition) is 6. The smallest absolute Gasteiger partial charge is 0.407 e. The monoisotopic (exact) mass is 625 g/mol. The van der Waals surface area contributed by atoms with Crippen LogP contribution in [0, 0.1) is 28.8 Å². The van der Waals surface area contributed by atoms with Crippen LogP contribution in [0.2, 0.25) is 39.3 Å². The van der Waals surface area contributed by atoms with Crippen LogP contribution in [0.15, 0.2) is 11.4 Å². The minimum absolute atomic E-state index is 0.0372. The Morgan fingerprint density at radius 2 is 1.49 bits per heavy atom. The van der Waals surface area contributed by atoms with Gasteiger partial charge in [-0.2, -0.15) is 0 Å². The summed E-state index contributed by atoms with van der Waals surface area (Å²) in [6.45, 7) is 25.2. The molecule has 0 aromatic rings. The number of nitrogens with one attached hydrogen (secondary N) is 1. The molecule has 0 saturated carbocycles. The van der Waals surface area contributed by atoms with Gasteiger partial charge in [-0.15, -0.1) is 22.9 Å². The maximum Gasteiger partial charge on any atom is 0.407 e. The van der Waals surface area contributed by atoms with E-state index in [1.807, 2.05) is 33.8 Å². The van der Waals surface area contributed by atoms with Gasteiger partial charge in [0.1, 0.15) is 21.7 Å². The number of hydrogen-bond donors (Lipinski definition) is 1. The van der Waals surface area contributed by atoms with E-state index in [2.05, 4.69) is 81.4 Å². The van der Waals surface area contributed by atoms with Crippen molar-refractivity contribution in [2.45, 2.75) is 137 Å². The molecule has 0 radical (unpaired) electrons. The fraction of sp³-hybridized carbons (Fsp3) is 0.774. The molecule has 234 valence electrons. The molecule has 0 bridgehead atoms. The Balaban J connectivity index is 3.34. The summed E-state index contributed by atoms with van der Waals surface area (Å²) in [6, 6.07) is -0.372. The Hall–Kier alpha value is -1.33. The minimum atomic E-state index is -3.73. The molecule has 1 aliphatic rings. The molecule has 1 N–H and O–H groups in total. The Kier molecular flexibility index (Phi) is 15.2. The van der Waals surface area contributed by atoms with Crippen LogP contribution in [0.3, 0.4) is 0 Å². The van der Waals surface area contributed by atoms with Crippen LogP contribution in [0.25, 0.3) is 0 Å². The molecule has 0 saturated heterocycles. The van der Waals surface area contributed by atoms with E-state index < -0.39 is 35.4 Å². The zero-order valence-electron chi connectivity index (χ0n) is 27.7. The Morgan fingerprint density at radius 3 is 1.90 bits per heavy atom. The van der Waals surface area contributed by atoms with Gasteiger partial charge in [-0.25, -0.2) is 4.79 Å². The van der Waals surface area contributed by atoms with Crippen molar-refractivity contribution in [2.75, 3.05) is 13.2 Å². The summed E-state index contributed by atoms with van der Waals surface area (Å²) in [5.41, 5.74) is 6.01. The van der Waals surface area contributed by atoms with Crippen LogP contribution >= 0.6 is 7.60 Å². The van der Waals surface area contributed by atoms with Crippen molar-refractivity contribution < 1.29 is 27.9 Å². The van der Waals surface area contributed by atoms with Crippen LogP contribution in [0.1, 0.15) is 73.6 Å². The zero-order chi connectivity index (χ0) is 31.5. The van der Waals surface area contributed by atoms with Gasteiger partial charge < -0.3 is 23.8 Å². The third-order valence-electron chi connectivity index (χ3n) is 6.16. The van der Waals surface area contributed by atoms with Gasteiger partial charge >= 0.3 is 13.7 Å². The molecular weight excluding hydrogens is 569 g/mol. The van der Waals surface area contributed by atoms with E-state index in [0.29, 0.717) is 24.6 Å². The lowest BCUT2D eigenvalue weighted by molar-refractivity contribution is -0.0286. The Morgan fingerprint density at radius 1 is 1.00 bits per heavy atom. The van der Waals surface area contributed by atoms with Gasteiger partial charge in [-0.1, -0.05) is 60.1 Å². The standard InChI is InChI=1S/C31H56NO6PSi2/c1-13-26(14-2)37-29-24-27(23-28(25(29)3)32-30(33)38-31(4,5)6)39(34,35-19-15-17-21-40(7,8)9)36-20-16-18-22-41(10,11)12/h24-26,28-29H,13-16,19-20,23H2,1-12H3,(H,32,33)/t25-,28+,29-/m1/s1. The fourth-order valence-electron chi connectivity index (χ4n) is 4.05. The number of ether oxygens (including phenoxy) is 2. The van der Waals surface area contributed by atoms with E-state index in [9.17, 15) is 9.36 Å². The summed E-state index contributed by atoms with van der Waals surface area (Å²) in [5, 5.41) is 3.52. The van der Waals surface area contributed by atoms with Crippen LogP contribution in [0.5, 0.6) is 0 Å². The highest BCUT2D eigenvalue weighted by Crippen LogP contribution is 2.59. The molecule has 0 aromatic heterocycles. The quantitative estimate of drug-likeness (QED) is 0.102. The third kappa shape index (κ3) is 15.6. The van der Waals surface area contributed by atoms with Crippen molar-refractivity contribution in [3.63, 3.8) is 0 Å². The Labute approximate surface area is 252 Å². The van der Waals surface area contributed by atoms with Crippen molar-refractivity contribution in [3.05, 3.63) is 11.4 Å². The summed E-state index contributed by atoms with van der Waals surface area (Å²) in [7, 11) is -6.77. The summed E-state index contributed by atoms with van der Waals surface area (Å²) >= 11 is 0. The second-order valence-corrected chi connectivity index (χ2v) is 25.4. The summed E-state index contributed by atoms with van der Waals surface area (Å²) in [4.78, 5) is 12.8. The average Bonchev–Trinajstić information content (AvgIpc) is 2.81. The van der Waals surface area contributed by atoms with Gasteiger partial charge in [0.05, 0.1) is 25.4 Å². The maximum absolute atomic E-state index is 14.4.